The van der Waals surface area contributed by atoms with E-state index in [4.69, 9.17) is 0 Å². The van der Waals surface area contributed by atoms with Crippen LogP contribution in [0.2, 0.25) is 0 Å². The number of benzene rings is 2. The number of nitro groups is 1. The maximum atomic E-state index is 12.7. The third kappa shape index (κ3) is 4.40. The van der Waals surface area contributed by atoms with Gasteiger partial charge in [0.05, 0.1) is 16.7 Å². The molecule has 0 spiro atoms. The molecule has 0 aromatic heterocycles. The molecule has 2 aromatic carbocycles. The Hall–Kier alpha value is -3.55. The van der Waals surface area contributed by atoms with E-state index in [0.717, 1.165) is 5.56 Å². The van der Waals surface area contributed by atoms with Gasteiger partial charge in [-0.25, -0.2) is 5.01 Å². The van der Waals surface area contributed by atoms with Crippen molar-refractivity contribution >= 4 is 23.3 Å². The summed E-state index contributed by atoms with van der Waals surface area (Å²) < 4.78 is 0. The quantitative estimate of drug-likeness (QED) is 0.539. The number of hydrogen-bond donors (Lipinski definition) is 0. The maximum Gasteiger partial charge on any atom is 0.269 e. The molecule has 1 aliphatic heterocycles. The molecule has 0 radical (unpaired) electrons. The zero-order chi connectivity index (χ0) is 20.1. The smallest absolute Gasteiger partial charge is 0.269 e. The number of non-ortho nitro benzene ring substituents is 1. The van der Waals surface area contributed by atoms with Crippen molar-refractivity contribution in [3.8, 4) is 0 Å². The van der Waals surface area contributed by atoms with Crippen molar-refractivity contribution in [2.45, 2.75) is 31.7 Å². The molecular weight excluding hydrogens is 362 g/mol. The van der Waals surface area contributed by atoms with Gasteiger partial charge in [0.25, 0.3) is 5.69 Å². The monoisotopic (exact) mass is 380 g/mol. The van der Waals surface area contributed by atoms with Crippen molar-refractivity contribution in [2.24, 2.45) is 5.10 Å². The molecular formula is C20H18N3O5-. The molecule has 1 aliphatic rings. The number of nitrogens with zero attached hydrogens (tertiary/aromatic N) is 3. The minimum atomic E-state index is -1.21. The predicted octanol–water partition coefficient (Wildman–Crippen LogP) is 2.19. The summed E-state index contributed by atoms with van der Waals surface area (Å²) in [6, 6.07) is 15.0. The Morgan fingerprint density at radius 2 is 1.86 bits per heavy atom. The fraction of sp³-hybridized carbons (Fsp3) is 0.250. The van der Waals surface area contributed by atoms with E-state index in [-0.39, 0.29) is 30.9 Å². The van der Waals surface area contributed by atoms with Gasteiger partial charge in [0.1, 0.15) is 0 Å². The van der Waals surface area contributed by atoms with Crippen LogP contribution in [-0.2, 0) is 9.59 Å². The average Bonchev–Trinajstić information content (AvgIpc) is 3.14. The Morgan fingerprint density at radius 3 is 2.54 bits per heavy atom. The first-order chi connectivity index (χ1) is 13.5. The number of amides is 1. The van der Waals surface area contributed by atoms with Gasteiger partial charge >= 0.3 is 0 Å². The van der Waals surface area contributed by atoms with Crippen molar-refractivity contribution < 1.29 is 19.6 Å². The third-order valence-corrected chi connectivity index (χ3v) is 4.51. The Morgan fingerprint density at radius 1 is 1.11 bits per heavy atom. The van der Waals surface area contributed by atoms with Gasteiger partial charge in [-0.2, -0.15) is 5.10 Å². The lowest BCUT2D eigenvalue weighted by Crippen LogP contribution is -2.28. The van der Waals surface area contributed by atoms with E-state index in [1.807, 2.05) is 30.3 Å². The minimum absolute atomic E-state index is 0.00494. The topological polar surface area (TPSA) is 116 Å². The van der Waals surface area contributed by atoms with E-state index in [9.17, 15) is 24.8 Å². The molecule has 3 rings (SSSR count). The molecule has 144 valence electrons. The molecule has 0 saturated heterocycles. The summed E-state index contributed by atoms with van der Waals surface area (Å²) in [6.07, 6.45) is 0.355. The number of carboxylic acids is 1. The van der Waals surface area contributed by atoms with Gasteiger partial charge in [0.2, 0.25) is 5.91 Å². The molecule has 2 aromatic rings. The van der Waals surface area contributed by atoms with Crippen molar-refractivity contribution in [1.82, 2.24) is 5.01 Å². The van der Waals surface area contributed by atoms with E-state index < -0.39 is 16.9 Å². The zero-order valence-corrected chi connectivity index (χ0v) is 15.0. The molecule has 8 heteroatoms. The van der Waals surface area contributed by atoms with E-state index in [2.05, 4.69) is 5.10 Å². The van der Waals surface area contributed by atoms with Crippen LogP contribution in [0.5, 0.6) is 0 Å². The molecule has 0 N–H and O–H groups in total. The summed E-state index contributed by atoms with van der Waals surface area (Å²) in [4.78, 5) is 33.9. The van der Waals surface area contributed by atoms with Gasteiger partial charge < -0.3 is 9.90 Å². The van der Waals surface area contributed by atoms with Crippen LogP contribution in [0.4, 0.5) is 5.69 Å². The number of rotatable bonds is 7. The van der Waals surface area contributed by atoms with Gasteiger partial charge in [-0.3, -0.25) is 14.9 Å². The van der Waals surface area contributed by atoms with Gasteiger partial charge in [0.15, 0.2) is 0 Å². The standard InChI is InChI=1S/C20H19N3O5/c24-19(10-5-11-20(25)26)22-18(15-8-4-9-16(12-15)23(27)28)13-17(21-22)14-6-2-1-3-7-14/h1-4,6-9,12,18H,5,10-11,13H2,(H,25,26)/p-1/t18-/m1/s1. The summed E-state index contributed by atoms with van der Waals surface area (Å²) in [7, 11) is 0. The highest BCUT2D eigenvalue weighted by Crippen LogP contribution is 2.34. The largest absolute Gasteiger partial charge is 0.550 e. The SMILES string of the molecule is O=C([O-])CCCC(=O)N1N=C(c2ccccc2)C[C@@H]1c1cccc([N+](=O)[O-])c1. The zero-order valence-electron chi connectivity index (χ0n) is 15.0. The maximum absolute atomic E-state index is 12.7. The highest BCUT2D eigenvalue weighted by Gasteiger charge is 2.33. The second kappa shape index (κ2) is 8.43. The lowest BCUT2D eigenvalue weighted by Gasteiger charge is -2.22. The van der Waals surface area contributed by atoms with Crippen LogP contribution in [0.3, 0.4) is 0 Å². The molecule has 0 fully saturated rings. The van der Waals surface area contributed by atoms with Crippen LogP contribution in [0.25, 0.3) is 0 Å². The Kier molecular flexibility index (Phi) is 5.78. The second-order valence-corrected chi connectivity index (χ2v) is 6.45. The fourth-order valence-electron chi connectivity index (χ4n) is 3.15. The van der Waals surface area contributed by atoms with Crippen molar-refractivity contribution in [1.29, 1.82) is 0 Å². The number of hydrogen-bond acceptors (Lipinski definition) is 6. The van der Waals surface area contributed by atoms with Gasteiger partial charge in [0, 0.05) is 30.9 Å². The number of carboxylic acid groups (broad SMARTS) is 1. The Bertz CT molecular complexity index is 926. The second-order valence-electron chi connectivity index (χ2n) is 6.45. The van der Waals surface area contributed by atoms with Crippen LogP contribution < -0.4 is 5.11 Å². The normalized spacial score (nSPS) is 15.9. The summed E-state index contributed by atoms with van der Waals surface area (Å²) in [5.41, 5.74) is 2.11. The van der Waals surface area contributed by atoms with Crippen LogP contribution in [0, 0.1) is 10.1 Å². The minimum Gasteiger partial charge on any atom is -0.550 e. The van der Waals surface area contributed by atoms with E-state index in [1.54, 1.807) is 12.1 Å². The predicted molar refractivity (Wildman–Crippen MR) is 99.1 cm³/mol. The molecule has 8 nitrogen and oxygen atoms in total. The molecule has 0 aliphatic carbocycles. The molecule has 1 amide bonds. The van der Waals surface area contributed by atoms with Crippen molar-refractivity contribution in [3.63, 3.8) is 0 Å². The molecule has 0 bridgehead atoms. The highest BCUT2D eigenvalue weighted by atomic mass is 16.6. The highest BCUT2D eigenvalue weighted by molar-refractivity contribution is 6.03. The Labute approximate surface area is 161 Å². The van der Waals surface area contributed by atoms with Gasteiger partial charge in [-0.1, -0.05) is 42.5 Å². The third-order valence-electron chi connectivity index (χ3n) is 4.51. The van der Waals surface area contributed by atoms with Crippen molar-refractivity contribution in [2.75, 3.05) is 0 Å². The summed E-state index contributed by atoms with van der Waals surface area (Å²) in [6.45, 7) is 0. The fourth-order valence-corrected chi connectivity index (χ4v) is 3.15. The van der Waals surface area contributed by atoms with Crippen LogP contribution in [0.1, 0.15) is 42.9 Å². The van der Waals surface area contributed by atoms with E-state index >= 15 is 0 Å². The number of aliphatic carboxylic acids is 1. The van der Waals surface area contributed by atoms with Gasteiger partial charge in [-0.15, -0.1) is 0 Å². The first kappa shape index (κ1) is 19.2. The van der Waals surface area contributed by atoms with E-state index in [1.165, 1.54) is 17.1 Å². The number of nitro benzene ring substituents is 1. The number of carbonyl (C=O) groups excluding carboxylic acids is 2. The first-order valence-electron chi connectivity index (χ1n) is 8.85. The molecule has 0 saturated carbocycles. The lowest BCUT2D eigenvalue weighted by molar-refractivity contribution is -0.385. The van der Waals surface area contributed by atoms with Crippen LogP contribution >= 0.6 is 0 Å². The first-order valence-corrected chi connectivity index (χ1v) is 8.85. The van der Waals surface area contributed by atoms with E-state index in [0.29, 0.717) is 17.7 Å². The molecule has 1 atom stereocenters. The van der Waals surface area contributed by atoms with Gasteiger partial charge in [-0.05, 0) is 24.0 Å². The molecule has 1 heterocycles. The van der Waals surface area contributed by atoms with Crippen LogP contribution in [0.15, 0.2) is 59.7 Å². The Balaban J connectivity index is 1.89. The summed E-state index contributed by atoms with van der Waals surface area (Å²) >= 11 is 0. The number of hydrazone groups is 1. The average molecular weight is 380 g/mol. The molecule has 28 heavy (non-hydrogen) atoms. The molecule has 0 unspecified atom stereocenters. The van der Waals surface area contributed by atoms with Crippen molar-refractivity contribution in [3.05, 3.63) is 75.8 Å². The number of carbonyl (C=O) groups is 2. The van der Waals surface area contributed by atoms with Crippen LogP contribution in [-0.4, -0.2) is 27.5 Å². The summed E-state index contributed by atoms with van der Waals surface area (Å²) in [5.74, 6) is -1.54. The summed E-state index contributed by atoms with van der Waals surface area (Å²) in [5, 5.41) is 27.5. The lowest BCUT2D eigenvalue weighted by atomic mass is 9.98.